The lowest BCUT2D eigenvalue weighted by Crippen LogP contribution is -2.32. The van der Waals surface area contributed by atoms with E-state index in [1.54, 1.807) is 23.1 Å². The number of nitrogens with zero attached hydrogens (tertiary/aromatic N) is 2. The van der Waals surface area contributed by atoms with Gasteiger partial charge in [-0.3, -0.25) is 4.79 Å². The van der Waals surface area contributed by atoms with E-state index < -0.39 is 6.03 Å². The van der Waals surface area contributed by atoms with Crippen molar-refractivity contribution in [3.8, 4) is 11.5 Å². The van der Waals surface area contributed by atoms with E-state index in [1.807, 2.05) is 6.92 Å². The molecule has 2 rings (SSSR count). The van der Waals surface area contributed by atoms with E-state index >= 15 is 0 Å². The predicted octanol–water partition coefficient (Wildman–Crippen LogP) is 1.48. The minimum Gasteiger partial charge on any atom is -0.493 e. The maximum absolute atomic E-state index is 12.1. The lowest BCUT2D eigenvalue weighted by atomic mass is 10.1. The number of carbonyl (C=O) groups is 2. The van der Waals surface area contributed by atoms with Crippen LogP contribution in [0, 0.1) is 0 Å². The summed E-state index contributed by atoms with van der Waals surface area (Å²) in [4.78, 5) is 24.7. The van der Waals surface area contributed by atoms with Crippen LogP contribution in [-0.2, 0) is 4.79 Å². The molecule has 0 aromatic heterocycles. The fourth-order valence-electron chi connectivity index (χ4n) is 2.63. The number of hydrogen-bond donors (Lipinski definition) is 2. The van der Waals surface area contributed by atoms with Gasteiger partial charge in [0.15, 0.2) is 18.1 Å². The van der Waals surface area contributed by atoms with Crippen molar-refractivity contribution in [2.45, 2.75) is 26.2 Å². The van der Waals surface area contributed by atoms with Crippen LogP contribution in [0.5, 0.6) is 11.5 Å². The topological polar surface area (TPSA) is 106 Å². The standard InChI is InChI=1S/C17H24N4O4/c1-3-13(19-20-17(18)23)12-6-7-14(15(10-12)24-2)25-11-16(22)21-8-4-5-9-21/h6-7,10H,3-5,8-9,11H2,1-2H3,(H3,18,20,23)/b19-13+. The number of nitrogens with two attached hydrogens (primary N) is 1. The number of nitrogens with one attached hydrogen (secondary N) is 1. The van der Waals surface area contributed by atoms with Crippen LogP contribution in [0.25, 0.3) is 0 Å². The SMILES string of the molecule is CC/C(=N\NC(N)=O)c1ccc(OCC(=O)N2CCCC2)c(OC)c1. The number of carbonyl (C=O) groups excluding carboxylic acids is 2. The van der Waals surface area contributed by atoms with Crippen LogP contribution >= 0.6 is 0 Å². The highest BCUT2D eigenvalue weighted by atomic mass is 16.5. The molecule has 0 spiro atoms. The third-order valence-corrected chi connectivity index (χ3v) is 3.94. The molecule has 1 saturated heterocycles. The van der Waals surface area contributed by atoms with Gasteiger partial charge in [0.2, 0.25) is 0 Å². The van der Waals surface area contributed by atoms with Gasteiger partial charge >= 0.3 is 6.03 Å². The predicted molar refractivity (Wildman–Crippen MR) is 93.9 cm³/mol. The van der Waals surface area contributed by atoms with Gasteiger partial charge in [0.05, 0.1) is 12.8 Å². The van der Waals surface area contributed by atoms with Gasteiger partial charge in [-0.1, -0.05) is 6.92 Å². The van der Waals surface area contributed by atoms with Gasteiger partial charge in [0.25, 0.3) is 5.91 Å². The number of ether oxygens (including phenoxy) is 2. The average Bonchev–Trinajstić information content (AvgIpc) is 3.15. The van der Waals surface area contributed by atoms with E-state index in [-0.39, 0.29) is 12.5 Å². The van der Waals surface area contributed by atoms with Gasteiger partial charge in [-0.15, -0.1) is 0 Å². The van der Waals surface area contributed by atoms with Crippen molar-refractivity contribution in [2.75, 3.05) is 26.8 Å². The molecule has 3 amide bonds. The summed E-state index contributed by atoms with van der Waals surface area (Å²) in [6.45, 7) is 3.48. The minimum absolute atomic E-state index is 0.0202. The number of hydrazone groups is 1. The lowest BCUT2D eigenvalue weighted by molar-refractivity contribution is -0.132. The van der Waals surface area contributed by atoms with Gasteiger partial charge in [0.1, 0.15) is 0 Å². The van der Waals surface area contributed by atoms with Crippen LogP contribution in [-0.4, -0.2) is 49.4 Å². The Kier molecular flexibility index (Phi) is 6.62. The summed E-state index contributed by atoms with van der Waals surface area (Å²) in [7, 11) is 1.53. The molecule has 25 heavy (non-hydrogen) atoms. The average molecular weight is 348 g/mol. The molecule has 8 nitrogen and oxygen atoms in total. The van der Waals surface area contributed by atoms with Crippen molar-refractivity contribution in [3.05, 3.63) is 23.8 Å². The van der Waals surface area contributed by atoms with Gasteiger partial charge < -0.3 is 20.1 Å². The second-order valence-electron chi connectivity index (χ2n) is 5.63. The van der Waals surface area contributed by atoms with Crippen LogP contribution in [0.3, 0.4) is 0 Å². The molecule has 0 atom stereocenters. The maximum atomic E-state index is 12.1. The molecule has 1 aliphatic rings. The number of rotatable bonds is 7. The van der Waals surface area contributed by atoms with Gasteiger partial charge in [-0.25, -0.2) is 10.2 Å². The molecule has 1 aliphatic heterocycles. The van der Waals surface area contributed by atoms with Gasteiger partial charge in [-0.05, 0) is 37.5 Å². The summed E-state index contributed by atoms with van der Waals surface area (Å²) in [6, 6.07) is 4.54. The molecule has 0 aliphatic carbocycles. The Bertz CT molecular complexity index is 654. The molecular formula is C17H24N4O4. The number of primary amides is 1. The van der Waals surface area contributed by atoms with Crippen LogP contribution in [0.15, 0.2) is 23.3 Å². The third kappa shape index (κ3) is 5.10. The third-order valence-electron chi connectivity index (χ3n) is 3.94. The van der Waals surface area contributed by atoms with Crippen LogP contribution < -0.4 is 20.6 Å². The molecule has 0 saturated carbocycles. The van der Waals surface area contributed by atoms with Gasteiger partial charge in [-0.2, -0.15) is 5.10 Å². The molecule has 1 fully saturated rings. The van der Waals surface area contributed by atoms with E-state index in [0.29, 0.717) is 23.6 Å². The first kappa shape index (κ1) is 18.6. The molecule has 0 unspecified atom stereocenters. The summed E-state index contributed by atoms with van der Waals surface area (Å²) in [5.41, 5.74) is 8.68. The molecule has 3 N–H and O–H groups in total. The van der Waals surface area contributed by atoms with Gasteiger partial charge in [0, 0.05) is 18.7 Å². The Morgan fingerprint density at radius 2 is 2.00 bits per heavy atom. The molecule has 0 radical (unpaired) electrons. The van der Waals surface area contributed by atoms with Crippen molar-refractivity contribution < 1.29 is 19.1 Å². The largest absolute Gasteiger partial charge is 0.493 e. The normalized spacial score (nSPS) is 14.3. The first-order chi connectivity index (χ1) is 12.0. The van der Waals surface area contributed by atoms with Crippen molar-refractivity contribution in [3.63, 3.8) is 0 Å². The number of benzene rings is 1. The highest BCUT2D eigenvalue weighted by Gasteiger charge is 2.19. The van der Waals surface area contributed by atoms with Crippen LogP contribution in [0.2, 0.25) is 0 Å². The first-order valence-corrected chi connectivity index (χ1v) is 8.26. The Hall–Kier alpha value is -2.77. The molecule has 1 heterocycles. The number of urea groups is 1. The van der Waals surface area contributed by atoms with E-state index in [0.717, 1.165) is 31.5 Å². The van der Waals surface area contributed by atoms with E-state index in [9.17, 15) is 9.59 Å². The molecule has 1 aromatic carbocycles. The Labute approximate surface area is 147 Å². The molecular weight excluding hydrogens is 324 g/mol. The Balaban J connectivity index is 2.08. The summed E-state index contributed by atoms with van der Waals surface area (Å²) in [6.07, 6.45) is 2.68. The molecule has 1 aromatic rings. The molecule has 136 valence electrons. The fourth-order valence-corrected chi connectivity index (χ4v) is 2.63. The number of methoxy groups -OCH3 is 1. The lowest BCUT2D eigenvalue weighted by Gasteiger charge is -2.17. The quantitative estimate of drug-likeness (QED) is 0.575. The highest BCUT2D eigenvalue weighted by molar-refractivity contribution is 6.01. The van der Waals surface area contributed by atoms with Crippen molar-refractivity contribution >= 4 is 17.6 Å². The Morgan fingerprint density at radius 1 is 1.28 bits per heavy atom. The van der Waals surface area contributed by atoms with E-state index in [2.05, 4.69) is 10.5 Å². The smallest absolute Gasteiger partial charge is 0.332 e. The van der Waals surface area contributed by atoms with Crippen molar-refractivity contribution in [2.24, 2.45) is 10.8 Å². The number of hydrogen-bond acceptors (Lipinski definition) is 5. The first-order valence-electron chi connectivity index (χ1n) is 8.26. The van der Waals surface area contributed by atoms with E-state index in [1.165, 1.54) is 7.11 Å². The second kappa shape index (κ2) is 8.91. The number of likely N-dealkylation sites (tertiary alicyclic amines) is 1. The summed E-state index contributed by atoms with van der Waals surface area (Å²) < 4.78 is 11.0. The summed E-state index contributed by atoms with van der Waals surface area (Å²) in [5, 5.41) is 3.98. The second-order valence-corrected chi connectivity index (χ2v) is 5.63. The molecule has 0 bridgehead atoms. The Morgan fingerprint density at radius 3 is 2.60 bits per heavy atom. The maximum Gasteiger partial charge on any atom is 0.332 e. The zero-order valence-corrected chi connectivity index (χ0v) is 14.6. The van der Waals surface area contributed by atoms with Crippen molar-refractivity contribution in [1.29, 1.82) is 0 Å². The monoisotopic (exact) mass is 348 g/mol. The van der Waals surface area contributed by atoms with Crippen molar-refractivity contribution in [1.82, 2.24) is 10.3 Å². The number of amides is 3. The fraction of sp³-hybridized carbons (Fsp3) is 0.471. The molecule has 8 heteroatoms. The zero-order valence-electron chi connectivity index (χ0n) is 14.6. The zero-order chi connectivity index (χ0) is 18.2. The minimum atomic E-state index is -0.724. The van der Waals surface area contributed by atoms with Crippen LogP contribution in [0.1, 0.15) is 31.7 Å². The highest BCUT2D eigenvalue weighted by Crippen LogP contribution is 2.28. The summed E-state index contributed by atoms with van der Waals surface area (Å²) >= 11 is 0. The van der Waals surface area contributed by atoms with E-state index in [4.69, 9.17) is 15.2 Å². The summed E-state index contributed by atoms with van der Waals surface area (Å²) in [5.74, 6) is 0.953. The van der Waals surface area contributed by atoms with Crippen LogP contribution in [0.4, 0.5) is 4.79 Å².